The second-order valence-corrected chi connectivity index (χ2v) is 5.02. The molecule has 0 aliphatic rings. The van der Waals surface area contributed by atoms with E-state index in [1.807, 2.05) is 0 Å². The van der Waals surface area contributed by atoms with E-state index in [0.717, 1.165) is 0 Å². The van der Waals surface area contributed by atoms with Crippen LogP contribution in [0, 0.1) is 0 Å². The summed E-state index contributed by atoms with van der Waals surface area (Å²) in [7, 11) is -2.42. The Morgan fingerprint density at radius 1 is 1.53 bits per heavy atom. The van der Waals surface area contributed by atoms with E-state index in [2.05, 4.69) is 14.6 Å². The largest absolute Gasteiger partial charge is 0.409 e. The lowest BCUT2D eigenvalue weighted by molar-refractivity contribution is 0.318. The Labute approximate surface area is 103 Å². The molecular formula is C8H11ClN4O3S. The van der Waals surface area contributed by atoms with Crippen LogP contribution in [0.5, 0.6) is 0 Å². The highest BCUT2D eigenvalue weighted by Gasteiger charge is 2.11. The summed E-state index contributed by atoms with van der Waals surface area (Å²) in [5.74, 6) is -0.147. The van der Waals surface area contributed by atoms with Gasteiger partial charge in [0, 0.05) is 12.6 Å². The van der Waals surface area contributed by atoms with E-state index in [1.54, 1.807) is 0 Å². The number of amidine groups is 1. The quantitative estimate of drug-likeness (QED) is 0.274. The molecule has 0 saturated heterocycles. The topological polar surface area (TPSA) is 117 Å². The lowest BCUT2D eigenvalue weighted by Gasteiger charge is -2.09. The molecule has 1 rings (SSSR count). The minimum Gasteiger partial charge on any atom is -0.409 e. The number of benzene rings is 1. The Bertz CT molecular complexity index is 544. The molecular weight excluding hydrogens is 268 g/mol. The Kier molecular flexibility index (Phi) is 4.16. The van der Waals surface area contributed by atoms with E-state index >= 15 is 0 Å². The summed E-state index contributed by atoms with van der Waals surface area (Å²) in [6, 6.07) is 4.28. The molecule has 0 aliphatic heterocycles. The summed E-state index contributed by atoms with van der Waals surface area (Å²) in [5.41, 5.74) is 5.84. The molecule has 0 atom stereocenters. The third kappa shape index (κ3) is 3.48. The van der Waals surface area contributed by atoms with Gasteiger partial charge in [0.25, 0.3) is 10.2 Å². The second-order valence-electron chi connectivity index (χ2n) is 2.99. The van der Waals surface area contributed by atoms with Crippen LogP contribution in [0.25, 0.3) is 0 Å². The van der Waals surface area contributed by atoms with Crippen molar-refractivity contribution in [2.24, 2.45) is 10.9 Å². The molecule has 5 N–H and O–H groups in total. The smallest absolute Gasteiger partial charge is 0.298 e. The number of hydrogen-bond acceptors (Lipinski definition) is 4. The van der Waals surface area contributed by atoms with Crippen molar-refractivity contribution in [1.82, 2.24) is 4.72 Å². The fraction of sp³-hybridized carbons (Fsp3) is 0.125. The molecule has 0 saturated carbocycles. The molecule has 0 spiro atoms. The van der Waals surface area contributed by atoms with Gasteiger partial charge in [0.05, 0.1) is 10.7 Å². The molecule has 0 radical (unpaired) electrons. The van der Waals surface area contributed by atoms with Crippen LogP contribution in [-0.4, -0.2) is 26.5 Å². The highest BCUT2D eigenvalue weighted by Crippen LogP contribution is 2.23. The predicted molar refractivity (Wildman–Crippen MR) is 65.6 cm³/mol. The Hall–Kier alpha value is -1.51. The average molecular weight is 279 g/mol. The molecule has 0 aliphatic carbocycles. The van der Waals surface area contributed by atoms with Crippen molar-refractivity contribution in [3.8, 4) is 0 Å². The van der Waals surface area contributed by atoms with E-state index in [1.165, 1.54) is 25.2 Å². The van der Waals surface area contributed by atoms with Crippen molar-refractivity contribution in [3.05, 3.63) is 28.8 Å². The molecule has 1 aromatic carbocycles. The van der Waals surface area contributed by atoms with Gasteiger partial charge in [-0.1, -0.05) is 16.8 Å². The van der Waals surface area contributed by atoms with E-state index in [9.17, 15) is 8.42 Å². The van der Waals surface area contributed by atoms with Gasteiger partial charge >= 0.3 is 0 Å². The number of oxime groups is 1. The highest BCUT2D eigenvalue weighted by atomic mass is 35.5. The summed E-state index contributed by atoms with van der Waals surface area (Å²) in [4.78, 5) is 0. The first-order chi connectivity index (χ1) is 7.89. The maximum atomic E-state index is 11.3. The van der Waals surface area contributed by atoms with Crippen LogP contribution in [0.3, 0.4) is 0 Å². The van der Waals surface area contributed by atoms with Crippen molar-refractivity contribution < 1.29 is 13.6 Å². The molecule has 0 aromatic heterocycles. The lowest BCUT2D eigenvalue weighted by Crippen LogP contribution is -2.26. The highest BCUT2D eigenvalue weighted by molar-refractivity contribution is 7.90. The van der Waals surface area contributed by atoms with Crippen molar-refractivity contribution in [3.63, 3.8) is 0 Å². The van der Waals surface area contributed by atoms with E-state index in [0.29, 0.717) is 5.56 Å². The molecule has 94 valence electrons. The SMILES string of the molecule is CNS(=O)(=O)Nc1cc(/C(N)=N/O)ccc1Cl. The average Bonchev–Trinajstić information content (AvgIpc) is 2.30. The van der Waals surface area contributed by atoms with Gasteiger partial charge in [0.2, 0.25) is 0 Å². The van der Waals surface area contributed by atoms with Gasteiger partial charge in [-0.2, -0.15) is 8.42 Å². The first kappa shape index (κ1) is 13.6. The van der Waals surface area contributed by atoms with Gasteiger partial charge in [-0.05, 0) is 18.2 Å². The zero-order valence-electron chi connectivity index (χ0n) is 8.81. The van der Waals surface area contributed by atoms with Crippen LogP contribution in [0.15, 0.2) is 23.4 Å². The maximum absolute atomic E-state index is 11.3. The molecule has 0 fully saturated rings. The van der Waals surface area contributed by atoms with Crippen molar-refractivity contribution in [2.75, 3.05) is 11.8 Å². The number of nitrogens with two attached hydrogens (primary N) is 1. The Morgan fingerprint density at radius 3 is 2.71 bits per heavy atom. The van der Waals surface area contributed by atoms with E-state index in [4.69, 9.17) is 22.5 Å². The summed E-state index contributed by atoms with van der Waals surface area (Å²) in [6.45, 7) is 0. The molecule has 0 bridgehead atoms. The minimum absolute atomic E-state index is 0.130. The van der Waals surface area contributed by atoms with Gasteiger partial charge in [0.1, 0.15) is 0 Å². The molecule has 0 amide bonds. The minimum atomic E-state index is -3.67. The molecule has 7 nitrogen and oxygen atoms in total. The fourth-order valence-corrected chi connectivity index (χ4v) is 1.80. The number of nitrogens with one attached hydrogen (secondary N) is 2. The van der Waals surface area contributed by atoms with Gasteiger partial charge < -0.3 is 10.9 Å². The van der Waals surface area contributed by atoms with Crippen molar-refractivity contribution >= 4 is 33.3 Å². The van der Waals surface area contributed by atoms with Crippen LogP contribution < -0.4 is 15.2 Å². The lowest BCUT2D eigenvalue weighted by atomic mass is 10.2. The van der Waals surface area contributed by atoms with Crippen molar-refractivity contribution in [1.29, 1.82) is 0 Å². The summed E-state index contributed by atoms with van der Waals surface area (Å²) in [6.07, 6.45) is 0. The standard InChI is InChI=1S/C8H11ClN4O3S/c1-11-17(15,16)13-7-4-5(8(10)12-14)2-3-6(7)9/h2-4,11,13-14H,1H3,(H2,10,12). The molecule has 17 heavy (non-hydrogen) atoms. The van der Waals surface area contributed by atoms with E-state index in [-0.39, 0.29) is 16.5 Å². The predicted octanol–water partition coefficient (Wildman–Crippen LogP) is 0.311. The fourth-order valence-electron chi connectivity index (χ4n) is 1.02. The van der Waals surface area contributed by atoms with Gasteiger partial charge in [-0.3, -0.25) is 4.72 Å². The molecule has 1 aromatic rings. The van der Waals surface area contributed by atoms with Gasteiger partial charge in [0.15, 0.2) is 5.84 Å². The van der Waals surface area contributed by atoms with E-state index < -0.39 is 10.2 Å². The summed E-state index contributed by atoms with van der Waals surface area (Å²) >= 11 is 5.81. The summed E-state index contributed by atoms with van der Waals surface area (Å²) in [5, 5.41) is 11.5. The molecule has 0 heterocycles. The van der Waals surface area contributed by atoms with Crippen molar-refractivity contribution in [2.45, 2.75) is 0 Å². The molecule has 0 unspecified atom stereocenters. The van der Waals surface area contributed by atoms with Gasteiger partial charge in [-0.15, -0.1) is 0 Å². The monoisotopic (exact) mass is 278 g/mol. The van der Waals surface area contributed by atoms with Crippen LogP contribution in [0.4, 0.5) is 5.69 Å². The number of rotatable bonds is 4. The maximum Gasteiger partial charge on any atom is 0.298 e. The zero-order chi connectivity index (χ0) is 13.1. The Morgan fingerprint density at radius 2 is 2.18 bits per heavy atom. The third-order valence-corrected chi connectivity index (χ3v) is 3.24. The summed E-state index contributed by atoms with van der Waals surface area (Å²) < 4.78 is 26.8. The Balaban J connectivity index is 3.16. The van der Waals surface area contributed by atoms with Gasteiger partial charge in [-0.25, -0.2) is 4.72 Å². The third-order valence-electron chi connectivity index (χ3n) is 1.88. The van der Waals surface area contributed by atoms with Crippen LogP contribution in [-0.2, 0) is 10.2 Å². The van der Waals surface area contributed by atoms with Crippen LogP contribution in [0.1, 0.15) is 5.56 Å². The normalized spacial score (nSPS) is 12.5. The first-order valence-corrected chi connectivity index (χ1v) is 6.24. The van der Waals surface area contributed by atoms with Crippen LogP contribution >= 0.6 is 11.6 Å². The second kappa shape index (κ2) is 5.21. The van der Waals surface area contributed by atoms with Crippen LogP contribution in [0.2, 0.25) is 5.02 Å². The first-order valence-electron chi connectivity index (χ1n) is 4.38. The number of hydrogen-bond donors (Lipinski definition) is 4. The number of anilines is 1. The zero-order valence-corrected chi connectivity index (χ0v) is 10.4. The molecule has 9 heteroatoms. The number of nitrogens with zero attached hydrogens (tertiary/aromatic N) is 1. The number of halogens is 1.